The van der Waals surface area contributed by atoms with Gasteiger partial charge in [-0.15, -0.1) is 0 Å². The first-order chi connectivity index (χ1) is 6.86. The molecule has 1 rings (SSSR count). The first-order valence-electron chi connectivity index (χ1n) is 4.98. The number of nitrogens with zero attached hydrogens (tertiary/aromatic N) is 2. The molecule has 0 bridgehead atoms. The zero-order valence-corrected chi connectivity index (χ0v) is 9.65. The van der Waals surface area contributed by atoms with Crippen molar-refractivity contribution in [2.75, 3.05) is 6.61 Å². The number of hydrogen-bond acceptors (Lipinski definition) is 4. The molecule has 0 saturated carbocycles. The van der Waals surface area contributed by atoms with Gasteiger partial charge in [-0.1, -0.05) is 13.8 Å². The van der Waals surface area contributed by atoms with Gasteiger partial charge >= 0.3 is 0 Å². The summed E-state index contributed by atoms with van der Waals surface area (Å²) in [6, 6.07) is 1.85. The highest BCUT2D eigenvalue weighted by Crippen LogP contribution is 2.30. The molecule has 84 valence electrons. The third-order valence-electron chi connectivity index (χ3n) is 2.39. The number of aliphatic hydroxyl groups is 2. The van der Waals surface area contributed by atoms with E-state index in [1.54, 1.807) is 13.8 Å². The molecule has 4 nitrogen and oxygen atoms in total. The zero-order chi connectivity index (χ0) is 11.6. The average molecular weight is 210 g/mol. The molecule has 1 heterocycles. The summed E-state index contributed by atoms with van der Waals surface area (Å²) in [6.45, 7) is 7.16. The van der Waals surface area contributed by atoms with Gasteiger partial charge in [-0.2, -0.15) is 0 Å². The number of hydrogen-bond donors (Lipinski definition) is 2. The Balaban J connectivity index is 3.06. The number of rotatable bonds is 3. The third kappa shape index (κ3) is 2.73. The highest BCUT2D eigenvalue weighted by molar-refractivity contribution is 5.10. The molecule has 0 fully saturated rings. The van der Waals surface area contributed by atoms with Gasteiger partial charge < -0.3 is 10.2 Å². The molecule has 1 unspecified atom stereocenters. The van der Waals surface area contributed by atoms with Gasteiger partial charge in [-0.3, -0.25) is 0 Å². The van der Waals surface area contributed by atoms with Crippen LogP contribution in [0.15, 0.2) is 6.07 Å². The van der Waals surface area contributed by atoms with Crippen LogP contribution in [-0.2, 0) is 0 Å². The summed E-state index contributed by atoms with van der Waals surface area (Å²) in [5.41, 5.74) is 1.02. The van der Waals surface area contributed by atoms with Crippen LogP contribution in [0.3, 0.4) is 0 Å². The van der Waals surface area contributed by atoms with Crippen LogP contribution >= 0.6 is 0 Å². The van der Waals surface area contributed by atoms with Crippen molar-refractivity contribution >= 4 is 0 Å². The Labute approximate surface area is 90.0 Å². The second kappa shape index (κ2) is 4.24. The van der Waals surface area contributed by atoms with E-state index in [4.69, 9.17) is 5.11 Å². The Hall–Kier alpha value is -1.00. The molecular weight excluding hydrogens is 192 g/mol. The largest absolute Gasteiger partial charge is 0.396 e. The molecule has 2 N–H and O–H groups in total. The molecule has 0 saturated heterocycles. The first kappa shape index (κ1) is 12.1. The molecule has 0 aliphatic heterocycles. The monoisotopic (exact) mass is 210 g/mol. The lowest BCUT2D eigenvalue weighted by atomic mass is 9.87. The third-order valence-corrected chi connectivity index (χ3v) is 2.39. The van der Waals surface area contributed by atoms with Crippen molar-refractivity contribution in [1.82, 2.24) is 9.97 Å². The number of aromatic nitrogens is 2. The lowest BCUT2D eigenvalue weighted by Gasteiger charge is -2.27. The van der Waals surface area contributed by atoms with E-state index in [0.717, 1.165) is 11.4 Å². The Kier molecular flexibility index (Phi) is 3.42. The summed E-state index contributed by atoms with van der Waals surface area (Å²) in [5, 5.41) is 19.2. The quantitative estimate of drug-likeness (QED) is 0.785. The van der Waals surface area contributed by atoms with Crippen LogP contribution in [0, 0.1) is 19.3 Å². The maximum absolute atomic E-state index is 10.0. The van der Waals surface area contributed by atoms with Crippen molar-refractivity contribution in [3.63, 3.8) is 0 Å². The van der Waals surface area contributed by atoms with Gasteiger partial charge in [-0.05, 0) is 19.9 Å². The van der Waals surface area contributed by atoms with Crippen LogP contribution in [0.4, 0.5) is 0 Å². The smallest absolute Gasteiger partial charge is 0.157 e. The van der Waals surface area contributed by atoms with Crippen LogP contribution in [0.25, 0.3) is 0 Å². The Morgan fingerprint density at radius 1 is 1.27 bits per heavy atom. The summed E-state index contributed by atoms with van der Waals surface area (Å²) in [5.74, 6) is 0.381. The highest BCUT2D eigenvalue weighted by atomic mass is 16.3. The molecule has 0 spiro atoms. The standard InChI is InChI=1S/C11H18N2O2/c1-7-5-8(2)13-10(12-7)9(15)11(3,4)6-14/h5,9,14-15H,6H2,1-4H3. The van der Waals surface area contributed by atoms with Crippen molar-refractivity contribution < 1.29 is 10.2 Å². The van der Waals surface area contributed by atoms with E-state index in [9.17, 15) is 5.11 Å². The van der Waals surface area contributed by atoms with E-state index in [0.29, 0.717) is 5.82 Å². The summed E-state index contributed by atoms with van der Waals surface area (Å²) >= 11 is 0. The molecule has 0 radical (unpaired) electrons. The summed E-state index contributed by atoms with van der Waals surface area (Å²) < 4.78 is 0. The normalized spacial score (nSPS) is 14.0. The van der Waals surface area contributed by atoms with E-state index in [1.807, 2.05) is 19.9 Å². The van der Waals surface area contributed by atoms with E-state index < -0.39 is 11.5 Å². The minimum Gasteiger partial charge on any atom is -0.396 e. The molecule has 0 aromatic carbocycles. The van der Waals surface area contributed by atoms with Gasteiger partial charge in [0.15, 0.2) is 5.82 Å². The fourth-order valence-electron chi connectivity index (χ4n) is 1.31. The predicted octanol–water partition coefficient (Wildman–Crippen LogP) is 1.15. The van der Waals surface area contributed by atoms with Gasteiger partial charge in [0.2, 0.25) is 0 Å². The Bertz CT molecular complexity index is 330. The molecular formula is C11H18N2O2. The number of aryl methyl sites for hydroxylation is 2. The van der Waals surface area contributed by atoms with Crippen molar-refractivity contribution in [1.29, 1.82) is 0 Å². The highest BCUT2D eigenvalue weighted by Gasteiger charge is 2.30. The topological polar surface area (TPSA) is 66.2 Å². The van der Waals surface area contributed by atoms with Gasteiger partial charge in [0.05, 0.1) is 6.61 Å². The molecule has 1 atom stereocenters. The van der Waals surface area contributed by atoms with Crippen LogP contribution < -0.4 is 0 Å². The van der Waals surface area contributed by atoms with Crippen molar-refractivity contribution in [3.05, 3.63) is 23.3 Å². The van der Waals surface area contributed by atoms with E-state index in [-0.39, 0.29) is 6.61 Å². The Morgan fingerprint density at radius 2 is 1.73 bits per heavy atom. The van der Waals surface area contributed by atoms with Crippen LogP contribution in [0.2, 0.25) is 0 Å². The maximum Gasteiger partial charge on any atom is 0.157 e. The first-order valence-corrected chi connectivity index (χ1v) is 4.98. The van der Waals surface area contributed by atoms with Gasteiger partial charge in [-0.25, -0.2) is 9.97 Å². The average Bonchev–Trinajstić information content (AvgIpc) is 2.15. The lowest BCUT2D eigenvalue weighted by molar-refractivity contribution is 0.000624. The van der Waals surface area contributed by atoms with Crippen molar-refractivity contribution in [2.24, 2.45) is 5.41 Å². The summed E-state index contributed by atoms with van der Waals surface area (Å²) in [7, 11) is 0. The van der Waals surface area contributed by atoms with Gasteiger partial charge in [0.25, 0.3) is 0 Å². The van der Waals surface area contributed by atoms with E-state index in [1.165, 1.54) is 0 Å². The van der Waals surface area contributed by atoms with Crippen LogP contribution in [0.5, 0.6) is 0 Å². The molecule has 4 heteroatoms. The minimum atomic E-state index is -0.846. The fraction of sp³-hybridized carbons (Fsp3) is 0.636. The van der Waals surface area contributed by atoms with E-state index in [2.05, 4.69) is 9.97 Å². The van der Waals surface area contributed by atoms with Crippen LogP contribution in [0.1, 0.15) is 37.2 Å². The zero-order valence-electron chi connectivity index (χ0n) is 9.65. The molecule has 0 aliphatic rings. The molecule has 15 heavy (non-hydrogen) atoms. The van der Waals surface area contributed by atoms with Crippen LogP contribution in [-0.4, -0.2) is 26.8 Å². The predicted molar refractivity (Wildman–Crippen MR) is 57.3 cm³/mol. The fourth-order valence-corrected chi connectivity index (χ4v) is 1.31. The maximum atomic E-state index is 10.0. The molecule has 0 amide bonds. The van der Waals surface area contributed by atoms with Gasteiger partial charge in [0, 0.05) is 16.8 Å². The summed E-state index contributed by atoms with van der Waals surface area (Å²) in [6.07, 6.45) is -0.846. The molecule has 1 aromatic rings. The Morgan fingerprint density at radius 3 is 2.13 bits per heavy atom. The number of aliphatic hydroxyl groups excluding tert-OH is 2. The van der Waals surface area contributed by atoms with Crippen molar-refractivity contribution in [2.45, 2.75) is 33.8 Å². The summed E-state index contributed by atoms with van der Waals surface area (Å²) in [4.78, 5) is 8.35. The second-order valence-corrected chi connectivity index (χ2v) is 4.56. The SMILES string of the molecule is Cc1cc(C)nc(C(O)C(C)(C)CO)n1. The van der Waals surface area contributed by atoms with Crippen molar-refractivity contribution in [3.8, 4) is 0 Å². The molecule has 1 aromatic heterocycles. The minimum absolute atomic E-state index is 0.107. The van der Waals surface area contributed by atoms with E-state index >= 15 is 0 Å². The van der Waals surface area contributed by atoms with Gasteiger partial charge in [0.1, 0.15) is 6.10 Å². The molecule has 0 aliphatic carbocycles. The lowest BCUT2D eigenvalue weighted by Crippen LogP contribution is -2.27. The second-order valence-electron chi connectivity index (χ2n) is 4.56.